The number of carbonyl (C=O) groups excluding carboxylic acids is 1. The van der Waals surface area contributed by atoms with Crippen molar-refractivity contribution in [3.05, 3.63) is 46.9 Å². The van der Waals surface area contributed by atoms with Gasteiger partial charge < -0.3 is 16.4 Å². The van der Waals surface area contributed by atoms with Gasteiger partial charge in [-0.2, -0.15) is 4.98 Å². The number of benzene rings is 1. The molecule has 2 heterocycles. The van der Waals surface area contributed by atoms with E-state index in [0.717, 1.165) is 11.1 Å². The molecule has 1 aliphatic rings. The number of carbonyl (C=O) groups is 1. The van der Waals surface area contributed by atoms with Crippen LogP contribution >= 0.6 is 0 Å². The molecule has 22 heavy (non-hydrogen) atoms. The highest BCUT2D eigenvalue weighted by Gasteiger charge is 2.22. The number of aromatic nitrogens is 2. The molecule has 0 fully saturated rings. The molecular formula is C15H16FN5O. The standard InChI is InChI=1S/C15H16FN5O/c16-10-3-1-9(2-4-10)5-7-18-13-11-6-8-19-14(22)12(11)20-15(17)21-13/h1-4H,5-8H2,(H,19,22)(H3,17,18,20,21). The first-order valence-electron chi connectivity index (χ1n) is 7.06. The van der Waals surface area contributed by atoms with Crippen LogP contribution in [0.1, 0.15) is 21.6 Å². The fraction of sp³-hybridized carbons (Fsp3) is 0.267. The highest BCUT2D eigenvalue weighted by atomic mass is 19.1. The zero-order valence-electron chi connectivity index (χ0n) is 11.9. The van der Waals surface area contributed by atoms with Gasteiger partial charge in [-0.25, -0.2) is 9.37 Å². The van der Waals surface area contributed by atoms with E-state index in [9.17, 15) is 9.18 Å². The Hall–Kier alpha value is -2.70. The van der Waals surface area contributed by atoms with Crippen LogP contribution in [-0.2, 0) is 12.8 Å². The highest BCUT2D eigenvalue weighted by Crippen LogP contribution is 2.21. The summed E-state index contributed by atoms with van der Waals surface area (Å²) in [5, 5.41) is 5.92. The van der Waals surface area contributed by atoms with Crippen molar-refractivity contribution in [1.82, 2.24) is 15.3 Å². The number of nitrogens with two attached hydrogens (primary N) is 1. The van der Waals surface area contributed by atoms with Gasteiger partial charge in [0.25, 0.3) is 5.91 Å². The minimum atomic E-state index is -0.250. The van der Waals surface area contributed by atoms with Gasteiger partial charge in [-0.15, -0.1) is 0 Å². The van der Waals surface area contributed by atoms with E-state index in [4.69, 9.17) is 5.73 Å². The van der Waals surface area contributed by atoms with Crippen molar-refractivity contribution in [3.63, 3.8) is 0 Å². The van der Waals surface area contributed by atoms with Gasteiger partial charge in [0.1, 0.15) is 17.3 Å². The van der Waals surface area contributed by atoms with E-state index in [2.05, 4.69) is 20.6 Å². The van der Waals surface area contributed by atoms with Gasteiger partial charge in [0, 0.05) is 18.7 Å². The Balaban J connectivity index is 1.72. The summed E-state index contributed by atoms with van der Waals surface area (Å²) in [5.41, 5.74) is 7.80. The van der Waals surface area contributed by atoms with E-state index >= 15 is 0 Å². The minimum absolute atomic E-state index is 0.0695. The molecule has 6 nitrogen and oxygen atoms in total. The van der Waals surface area contributed by atoms with Crippen molar-refractivity contribution >= 4 is 17.7 Å². The van der Waals surface area contributed by atoms with Crippen LogP contribution in [0.15, 0.2) is 24.3 Å². The summed E-state index contributed by atoms with van der Waals surface area (Å²) in [6.45, 7) is 1.17. The lowest BCUT2D eigenvalue weighted by Crippen LogP contribution is -2.34. The smallest absolute Gasteiger partial charge is 0.270 e. The molecule has 0 atom stereocenters. The number of hydrogen-bond donors (Lipinski definition) is 3. The van der Waals surface area contributed by atoms with Crippen LogP contribution < -0.4 is 16.4 Å². The lowest BCUT2D eigenvalue weighted by molar-refractivity contribution is 0.0940. The molecule has 0 radical (unpaired) electrons. The van der Waals surface area contributed by atoms with Crippen LogP contribution in [0.4, 0.5) is 16.2 Å². The monoisotopic (exact) mass is 301 g/mol. The average molecular weight is 301 g/mol. The zero-order valence-corrected chi connectivity index (χ0v) is 11.9. The summed E-state index contributed by atoms with van der Waals surface area (Å²) < 4.78 is 12.9. The van der Waals surface area contributed by atoms with E-state index in [-0.39, 0.29) is 17.7 Å². The van der Waals surface area contributed by atoms with E-state index in [1.165, 1.54) is 12.1 Å². The molecule has 1 aromatic carbocycles. The van der Waals surface area contributed by atoms with Gasteiger partial charge in [-0.05, 0) is 30.5 Å². The van der Waals surface area contributed by atoms with E-state index in [0.29, 0.717) is 37.4 Å². The van der Waals surface area contributed by atoms with Crippen molar-refractivity contribution in [3.8, 4) is 0 Å². The Morgan fingerprint density at radius 3 is 2.82 bits per heavy atom. The van der Waals surface area contributed by atoms with E-state index in [1.54, 1.807) is 12.1 Å². The molecule has 0 saturated heterocycles. The molecule has 0 unspecified atom stereocenters. The second-order valence-electron chi connectivity index (χ2n) is 5.07. The quantitative estimate of drug-likeness (QED) is 0.787. The molecule has 0 saturated carbocycles. The average Bonchev–Trinajstić information content (AvgIpc) is 2.50. The highest BCUT2D eigenvalue weighted by molar-refractivity contribution is 5.96. The Bertz CT molecular complexity index is 702. The van der Waals surface area contributed by atoms with Gasteiger partial charge in [0.05, 0.1) is 0 Å². The summed E-state index contributed by atoms with van der Waals surface area (Å²) in [4.78, 5) is 20.0. The van der Waals surface area contributed by atoms with Crippen LogP contribution in [0, 0.1) is 5.82 Å². The molecule has 3 rings (SSSR count). The number of nitrogen functional groups attached to an aromatic ring is 1. The molecule has 4 N–H and O–H groups in total. The third-order valence-corrected chi connectivity index (χ3v) is 3.52. The Morgan fingerprint density at radius 2 is 2.05 bits per heavy atom. The van der Waals surface area contributed by atoms with Crippen LogP contribution in [0.5, 0.6) is 0 Å². The predicted molar refractivity (Wildman–Crippen MR) is 81.1 cm³/mol. The summed E-state index contributed by atoms with van der Waals surface area (Å²) in [5.74, 6) is 0.192. The third-order valence-electron chi connectivity index (χ3n) is 3.52. The summed E-state index contributed by atoms with van der Waals surface area (Å²) in [6, 6.07) is 6.36. The summed E-state index contributed by atoms with van der Waals surface area (Å²) >= 11 is 0. The second-order valence-corrected chi connectivity index (χ2v) is 5.07. The van der Waals surface area contributed by atoms with Gasteiger partial charge in [-0.1, -0.05) is 12.1 Å². The topological polar surface area (TPSA) is 92.9 Å². The maximum absolute atomic E-state index is 12.9. The molecule has 7 heteroatoms. The fourth-order valence-corrected chi connectivity index (χ4v) is 2.43. The zero-order chi connectivity index (χ0) is 15.5. The number of halogens is 1. The molecule has 0 spiro atoms. The van der Waals surface area contributed by atoms with Crippen LogP contribution in [0.25, 0.3) is 0 Å². The molecule has 0 bridgehead atoms. The largest absolute Gasteiger partial charge is 0.369 e. The first-order chi connectivity index (χ1) is 10.6. The summed E-state index contributed by atoms with van der Waals surface area (Å²) in [7, 11) is 0. The van der Waals surface area contributed by atoms with Crippen molar-refractivity contribution in [2.75, 3.05) is 24.1 Å². The van der Waals surface area contributed by atoms with Crippen molar-refractivity contribution < 1.29 is 9.18 Å². The molecular weight excluding hydrogens is 285 g/mol. The molecule has 1 aliphatic heterocycles. The van der Waals surface area contributed by atoms with E-state index < -0.39 is 0 Å². The number of hydrogen-bond acceptors (Lipinski definition) is 5. The normalized spacial score (nSPS) is 13.4. The van der Waals surface area contributed by atoms with E-state index in [1.807, 2.05) is 0 Å². The number of anilines is 2. The van der Waals surface area contributed by atoms with Gasteiger partial charge in [0.2, 0.25) is 5.95 Å². The molecule has 2 aromatic rings. The number of fused-ring (bicyclic) bond motifs is 1. The van der Waals surface area contributed by atoms with Crippen LogP contribution in [0.2, 0.25) is 0 Å². The van der Waals surface area contributed by atoms with Gasteiger partial charge >= 0.3 is 0 Å². The Morgan fingerprint density at radius 1 is 1.27 bits per heavy atom. The van der Waals surface area contributed by atoms with Crippen molar-refractivity contribution in [2.45, 2.75) is 12.8 Å². The van der Waals surface area contributed by atoms with Crippen LogP contribution in [-0.4, -0.2) is 29.0 Å². The Kier molecular flexibility index (Phi) is 3.86. The molecule has 1 amide bonds. The SMILES string of the molecule is Nc1nc(NCCc2ccc(F)cc2)c2c(n1)C(=O)NCC2. The number of nitrogens with one attached hydrogen (secondary N) is 2. The first-order valence-corrected chi connectivity index (χ1v) is 7.06. The fourth-order valence-electron chi connectivity index (χ4n) is 2.43. The Labute approximate surface area is 127 Å². The third kappa shape index (κ3) is 2.98. The number of rotatable bonds is 4. The second kappa shape index (κ2) is 5.97. The molecule has 1 aromatic heterocycles. The summed E-state index contributed by atoms with van der Waals surface area (Å²) in [6.07, 6.45) is 1.38. The van der Waals surface area contributed by atoms with Crippen molar-refractivity contribution in [1.29, 1.82) is 0 Å². The lowest BCUT2D eigenvalue weighted by atomic mass is 10.1. The molecule has 114 valence electrons. The predicted octanol–water partition coefficient (Wildman–Crippen LogP) is 1.14. The lowest BCUT2D eigenvalue weighted by Gasteiger charge is -2.19. The van der Waals surface area contributed by atoms with Crippen LogP contribution in [0.3, 0.4) is 0 Å². The number of amides is 1. The van der Waals surface area contributed by atoms with Crippen molar-refractivity contribution in [2.24, 2.45) is 0 Å². The maximum Gasteiger partial charge on any atom is 0.270 e. The van der Waals surface area contributed by atoms with Gasteiger partial charge in [-0.3, -0.25) is 4.79 Å². The maximum atomic E-state index is 12.9. The van der Waals surface area contributed by atoms with Gasteiger partial charge in [0.15, 0.2) is 0 Å². The first kappa shape index (κ1) is 14.2. The number of nitrogens with zero attached hydrogens (tertiary/aromatic N) is 2. The molecule has 0 aliphatic carbocycles. The minimum Gasteiger partial charge on any atom is -0.369 e.